The Balaban J connectivity index is 2.76. The Bertz CT molecular complexity index is 324. The zero-order valence-corrected chi connectivity index (χ0v) is 10.3. The minimum atomic E-state index is 0.0470. The van der Waals surface area contributed by atoms with Crippen LogP contribution < -0.4 is 10.1 Å². The summed E-state index contributed by atoms with van der Waals surface area (Å²) in [6.45, 7) is 7.44. The van der Waals surface area contributed by atoms with Crippen molar-refractivity contribution in [2.75, 3.05) is 13.2 Å². The Morgan fingerprint density at radius 3 is 2.75 bits per heavy atom. The van der Waals surface area contributed by atoms with E-state index in [1.165, 1.54) is 0 Å². The predicted octanol–water partition coefficient (Wildman–Crippen LogP) is 1.86. The molecule has 0 unspecified atom stereocenters. The molecule has 0 saturated carbocycles. The molecule has 16 heavy (non-hydrogen) atoms. The Labute approximate surface area is 97.4 Å². The molecule has 0 bridgehead atoms. The molecule has 1 rings (SSSR count). The highest BCUT2D eigenvalue weighted by atomic mass is 16.5. The molecule has 0 spiro atoms. The third-order valence-corrected chi connectivity index (χ3v) is 2.33. The van der Waals surface area contributed by atoms with Gasteiger partial charge < -0.3 is 15.2 Å². The summed E-state index contributed by atoms with van der Waals surface area (Å²) in [5.41, 5.74) is 2.25. The summed E-state index contributed by atoms with van der Waals surface area (Å²) in [5.74, 6) is 0.893. The smallest absolute Gasteiger partial charge is 0.126 e. The molecular formula is C13H21NO2. The van der Waals surface area contributed by atoms with Crippen molar-refractivity contribution >= 4 is 0 Å². The third kappa shape index (κ3) is 3.83. The normalized spacial score (nSPS) is 10.8. The number of hydrogen-bond donors (Lipinski definition) is 2. The van der Waals surface area contributed by atoms with E-state index in [1.54, 1.807) is 0 Å². The standard InChI is InChI=1S/C13H21NO2/c1-10(2)14-9-12-6-4-5-11(3)13(12)16-8-7-15/h4-6,10,14-15H,7-9H2,1-3H3. The molecule has 0 aromatic heterocycles. The molecule has 0 saturated heterocycles. The maximum atomic E-state index is 8.79. The Hall–Kier alpha value is -1.06. The Morgan fingerprint density at radius 1 is 1.38 bits per heavy atom. The Kier molecular flexibility index (Phi) is 5.29. The lowest BCUT2D eigenvalue weighted by atomic mass is 10.1. The van der Waals surface area contributed by atoms with Gasteiger partial charge in [-0.1, -0.05) is 32.0 Å². The SMILES string of the molecule is Cc1cccc(CNC(C)C)c1OCCO. The summed E-state index contributed by atoms with van der Waals surface area (Å²) in [6.07, 6.45) is 0. The van der Waals surface area contributed by atoms with Crippen LogP contribution in [0.15, 0.2) is 18.2 Å². The van der Waals surface area contributed by atoms with Crippen molar-refractivity contribution in [3.63, 3.8) is 0 Å². The minimum absolute atomic E-state index is 0.0470. The summed E-state index contributed by atoms with van der Waals surface area (Å²) in [6, 6.07) is 6.55. The molecular weight excluding hydrogens is 202 g/mol. The number of ether oxygens (including phenoxy) is 1. The molecule has 0 atom stereocenters. The van der Waals surface area contributed by atoms with Gasteiger partial charge >= 0.3 is 0 Å². The number of aliphatic hydroxyl groups is 1. The Morgan fingerprint density at radius 2 is 2.12 bits per heavy atom. The van der Waals surface area contributed by atoms with Crippen LogP contribution in [0.3, 0.4) is 0 Å². The van der Waals surface area contributed by atoms with Crippen LogP contribution in [0, 0.1) is 6.92 Å². The first-order valence-electron chi connectivity index (χ1n) is 5.70. The van der Waals surface area contributed by atoms with E-state index in [9.17, 15) is 0 Å². The number of rotatable bonds is 6. The second-order valence-electron chi connectivity index (χ2n) is 4.17. The van der Waals surface area contributed by atoms with Gasteiger partial charge in [0, 0.05) is 18.2 Å². The van der Waals surface area contributed by atoms with Crippen molar-refractivity contribution in [2.24, 2.45) is 0 Å². The van der Waals surface area contributed by atoms with Crippen LogP contribution >= 0.6 is 0 Å². The molecule has 0 heterocycles. The van der Waals surface area contributed by atoms with Gasteiger partial charge in [-0.05, 0) is 12.5 Å². The minimum Gasteiger partial charge on any atom is -0.491 e. The lowest BCUT2D eigenvalue weighted by Gasteiger charge is -2.15. The van der Waals surface area contributed by atoms with Crippen molar-refractivity contribution in [1.82, 2.24) is 5.32 Å². The van der Waals surface area contributed by atoms with Crippen LogP contribution in [-0.4, -0.2) is 24.4 Å². The van der Waals surface area contributed by atoms with E-state index in [0.717, 1.165) is 23.4 Å². The highest BCUT2D eigenvalue weighted by molar-refractivity contribution is 5.40. The lowest BCUT2D eigenvalue weighted by molar-refractivity contribution is 0.199. The summed E-state index contributed by atoms with van der Waals surface area (Å²) in [4.78, 5) is 0. The van der Waals surface area contributed by atoms with Gasteiger partial charge in [-0.2, -0.15) is 0 Å². The fourth-order valence-corrected chi connectivity index (χ4v) is 1.52. The summed E-state index contributed by atoms with van der Waals surface area (Å²) >= 11 is 0. The molecule has 0 radical (unpaired) electrons. The van der Waals surface area contributed by atoms with Crippen LogP contribution in [0.25, 0.3) is 0 Å². The second-order valence-corrected chi connectivity index (χ2v) is 4.17. The number of aryl methyl sites for hydroxylation is 1. The fraction of sp³-hybridized carbons (Fsp3) is 0.538. The van der Waals surface area contributed by atoms with Crippen molar-refractivity contribution < 1.29 is 9.84 Å². The van der Waals surface area contributed by atoms with E-state index < -0.39 is 0 Å². The van der Waals surface area contributed by atoms with E-state index in [0.29, 0.717) is 12.6 Å². The number of hydrogen-bond acceptors (Lipinski definition) is 3. The van der Waals surface area contributed by atoms with Crippen LogP contribution in [0.1, 0.15) is 25.0 Å². The van der Waals surface area contributed by atoms with Gasteiger partial charge in [0.1, 0.15) is 12.4 Å². The maximum Gasteiger partial charge on any atom is 0.126 e. The van der Waals surface area contributed by atoms with Crippen LogP contribution in [0.4, 0.5) is 0 Å². The molecule has 0 aliphatic carbocycles. The first-order valence-corrected chi connectivity index (χ1v) is 5.70. The average molecular weight is 223 g/mol. The van der Waals surface area contributed by atoms with Crippen LogP contribution in [0.5, 0.6) is 5.75 Å². The molecule has 1 aromatic rings. The second kappa shape index (κ2) is 6.51. The van der Waals surface area contributed by atoms with Gasteiger partial charge in [0.25, 0.3) is 0 Å². The van der Waals surface area contributed by atoms with Gasteiger partial charge in [0.2, 0.25) is 0 Å². The molecule has 0 amide bonds. The predicted molar refractivity (Wildman–Crippen MR) is 65.7 cm³/mol. The fourth-order valence-electron chi connectivity index (χ4n) is 1.52. The summed E-state index contributed by atoms with van der Waals surface area (Å²) in [5, 5.41) is 12.2. The molecule has 0 fully saturated rings. The highest BCUT2D eigenvalue weighted by Gasteiger charge is 2.06. The molecule has 2 N–H and O–H groups in total. The van der Waals surface area contributed by atoms with Gasteiger partial charge in [0.05, 0.1) is 6.61 Å². The van der Waals surface area contributed by atoms with E-state index in [4.69, 9.17) is 9.84 Å². The first kappa shape index (κ1) is 13.0. The molecule has 1 aromatic carbocycles. The molecule has 0 aliphatic rings. The number of aliphatic hydroxyl groups excluding tert-OH is 1. The average Bonchev–Trinajstić information content (AvgIpc) is 2.25. The van der Waals surface area contributed by atoms with Crippen molar-refractivity contribution in [3.05, 3.63) is 29.3 Å². The first-order chi connectivity index (χ1) is 7.65. The molecule has 90 valence electrons. The largest absolute Gasteiger partial charge is 0.491 e. The summed E-state index contributed by atoms with van der Waals surface area (Å²) < 4.78 is 5.56. The van der Waals surface area contributed by atoms with Crippen molar-refractivity contribution in [1.29, 1.82) is 0 Å². The van der Waals surface area contributed by atoms with E-state index in [1.807, 2.05) is 19.1 Å². The number of benzene rings is 1. The zero-order chi connectivity index (χ0) is 12.0. The van der Waals surface area contributed by atoms with E-state index >= 15 is 0 Å². The topological polar surface area (TPSA) is 41.5 Å². The zero-order valence-electron chi connectivity index (χ0n) is 10.3. The van der Waals surface area contributed by atoms with E-state index in [2.05, 4.69) is 25.2 Å². The lowest BCUT2D eigenvalue weighted by Crippen LogP contribution is -2.22. The number of para-hydroxylation sites is 1. The molecule has 0 aliphatic heterocycles. The van der Waals surface area contributed by atoms with Crippen molar-refractivity contribution in [3.8, 4) is 5.75 Å². The van der Waals surface area contributed by atoms with Crippen LogP contribution in [0.2, 0.25) is 0 Å². The van der Waals surface area contributed by atoms with Gasteiger partial charge in [-0.3, -0.25) is 0 Å². The van der Waals surface area contributed by atoms with Gasteiger partial charge in [0.15, 0.2) is 0 Å². The van der Waals surface area contributed by atoms with Gasteiger partial charge in [-0.15, -0.1) is 0 Å². The maximum absolute atomic E-state index is 8.79. The van der Waals surface area contributed by atoms with E-state index in [-0.39, 0.29) is 6.61 Å². The number of nitrogens with one attached hydrogen (secondary N) is 1. The molecule has 3 heteroatoms. The summed E-state index contributed by atoms with van der Waals surface area (Å²) in [7, 11) is 0. The van der Waals surface area contributed by atoms with Crippen molar-refractivity contribution in [2.45, 2.75) is 33.4 Å². The van der Waals surface area contributed by atoms with Gasteiger partial charge in [-0.25, -0.2) is 0 Å². The third-order valence-electron chi connectivity index (χ3n) is 2.33. The monoisotopic (exact) mass is 223 g/mol. The quantitative estimate of drug-likeness (QED) is 0.773. The highest BCUT2D eigenvalue weighted by Crippen LogP contribution is 2.23. The molecule has 3 nitrogen and oxygen atoms in total. The van der Waals surface area contributed by atoms with Crippen LogP contribution in [-0.2, 0) is 6.54 Å².